The first-order chi connectivity index (χ1) is 14.2. The molecule has 2 N–H and O–H groups in total. The average Bonchev–Trinajstić information content (AvgIpc) is 3.26. The zero-order valence-electron chi connectivity index (χ0n) is 16.1. The number of hydrogen-bond donors (Lipinski definition) is 2. The first-order valence-corrected chi connectivity index (χ1v) is 13.3. The molecule has 0 bridgehead atoms. The van der Waals surface area contributed by atoms with Crippen LogP contribution in [0, 0.1) is 6.92 Å². The maximum Gasteiger partial charge on any atom is 0.206 e. The van der Waals surface area contributed by atoms with Crippen LogP contribution in [0.1, 0.15) is 11.3 Å². The van der Waals surface area contributed by atoms with Crippen molar-refractivity contribution in [2.24, 2.45) is 0 Å². The minimum absolute atomic E-state index is 0.00121. The Morgan fingerprint density at radius 2 is 1.83 bits per heavy atom. The number of rotatable bonds is 6. The van der Waals surface area contributed by atoms with E-state index in [1.54, 1.807) is 24.4 Å². The SMILES string of the molecule is Cc1cnc(Nc2cc(S(=O)(=O)c3ccccc3)cc(NC3CCS(=O)(=O)C3)n2)s1. The highest BCUT2D eigenvalue weighted by Gasteiger charge is 2.28. The summed E-state index contributed by atoms with van der Waals surface area (Å²) in [4.78, 5) is 9.90. The maximum atomic E-state index is 13.1. The predicted molar refractivity (Wildman–Crippen MR) is 117 cm³/mol. The third kappa shape index (κ3) is 4.63. The molecule has 3 aromatic rings. The van der Waals surface area contributed by atoms with Gasteiger partial charge in [-0.2, -0.15) is 0 Å². The highest BCUT2D eigenvalue weighted by atomic mass is 32.2. The van der Waals surface area contributed by atoms with Gasteiger partial charge in [0.15, 0.2) is 15.0 Å². The molecule has 3 heterocycles. The summed E-state index contributed by atoms with van der Waals surface area (Å²) >= 11 is 1.42. The Labute approximate surface area is 179 Å². The molecule has 1 fully saturated rings. The first kappa shape index (κ1) is 20.8. The molecule has 1 aromatic carbocycles. The van der Waals surface area contributed by atoms with Crippen molar-refractivity contribution in [2.75, 3.05) is 22.1 Å². The second-order valence-electron chi connectivity index (χ2n) is 7.04. The van der Waals surface area contributed by atoms with E-state index in [1.165, 1.54) is 35.6 Å². The maximum absolute atomic E-state index is 13.1. The second-order valence-corrected chi connectivity index (χ2v) is 12.4. The van der Waals surface area contributed by atoms with Crippen LogP contribution in [0.2, 0.25) is 0 Å². The summed E-state index contributed by atoms with van der Waals surface area (Å²) in [5.41, 5.74) is 0. The number of benzene rings is 1. The molecule has 2 aromatic heterocycles. The Balaban J connectivity index is 1.72. The van der Waals surface area contributed by atoms with Gasteiger partial charge in [0.25, 0.3) is 0 Å². The zero-order chi connectivity index (χ0) is 21.4. The van der Waals surface area contributed by atoms with E-state index in [0.717, 1.165) is 4.88 Å². The molecule has 4 rings (SSSR count). The van der Waals surface area contributed by atoms with Crippen molar-refractivity contribution in [3.8, 4) is 0 Å². The van der Waals surface area contributed by atoms with Crippen molar-refractivity contribution >= 4 is 47.8 Å². The molecule has 11 heteroatoms. The lowest BCUT2D eigenvalue weighted by atomic mass is 10.2. The molecule has 1 atom stereocenters. The van der Waals surface area contributed by atoms with Crippen molar-refractivity contribution in [2.45, 2.75) is 29.2 Å². The molecule has 1 saturated heterocycles. The Morgan fingerprint density at radius 1 is 1.10 bits per heavy atom. The van der Waals surface area contributed by atoms with Gasteiger partial charge >= 0.3 is 0 Å². The van der Waals surface area contributed by atoms with Crippen LogP contribution in [0.25, 0.3) is 0 Å². The van der Waals surface area contributed by atoms with Crippen molar-refractivity contribution < 1.29 is 16.8 Å². The van der Waals surface area contributed by atoms with Gasteiger partial charge in [-0.1, -0.05) is 18.2 Å². The second kappa shape index (κ2) is 7.97. The van der Waals surface area contributed by atoms with Gasteiger partial charge in [-0.25, -0.2) is 26.8 Å². The lowest BCUT2D eigenvalue weighted by molar-refractivity contribution is 0.595. The van der Waals surface area contributed by atoms with Crippen LogP contribution >= 0.6 is 11.3 Å². The normalized spacial score (nSPS) is 18.2. The quantitative estimate of drug-likeness (QED) is 0.572. The molecule has 0 saturated carbocycles. The fourth-order valence-electron chi connectivity index (χ4n) is 3.17. The summed E-state index contributed by atoms with van der Waals surface area (Å²) in [5.74, 6) is 0.712. The summed E-state index contributed by atoms with van der Waals surface area (Å²) in [7, 11) is -6.87. The lowest BCUT2D eigenvalue weighted by Crippen LogP contribution is -2.21. The Morgan fingerprint density at radius 3 is 2.47 bits per heavy atom. The smallest absolute Gasteiger partial charge is 0.206 e. The van der Waals surface area contributed by atoms with Crippen LogP contribution in [0.15, 0.2) is 58.5 Å². The Kier molecular flexibility index (Phi) is 5.51. The number of aromatic nitrogens is 2. The summed E-state index contributed by atoms with van der Waals surface area (Å²) in [6.07, 6.45) is 2.16. The number of nitrogens with zero attached hydrogens (tertiary/aromatic N) is 2. The molecule has 1 unspecified atom stereocenters. The lowest BCUT2D eigenvalue weighted by Gasteiger charge is -2.15. The molecular formula is C19H20N4O4S3. The van der Waals surface area contributed by atoms with Crippen LogP contribution in [0.5, 0.6) is 0 Å². The third-order valence-corrected chi connectivity index (χ3v) is 8.95. The summed E-state index contributed by atoms with van der Waals surface area (Å²) in [5, 5.41) is 6.71. The number of nitrogens with one attached hydrogen (secondary N) is 2. The standard InChI is InChI=1S/C19H20N4O4S3/c1-13-11-20-19(28-13)23-18-10-16(30(26,27)15-5-3-2-4-6-15)9-17(22-18)21-14-7-8-29(24,25)12-14/h2-6,9-11,14H,7-8,12H2,1H3,(H2,20,21,22,23). The first-order valence-electron chi connectivity index (χ1n) is 9.20. The molecule has 8 nitrogen and oxygen atoms in total. The van der Waals surface area contributed by atoms with Crippen molar-refractivity contribution in [1.29, 1.82) is 0 Å². The summed E-state index contributed by atoms with van der Waals surface area (Å²) in [6.45, 7) is 1.92. The number of hydrogen-bond acceptors (Lipinski definition) is 9. The highest BCUT2D eigenvalue weighted by molar-refractivity contribution is 7.91. The van der Waals surface area contributed by atoms with Gasteiger partial charge in [0.2, 0.25) is 9.84 Å². The Hall–Kier alpha value is -2.50. The minimum atomic E-state index is -3.78. The van der Waals surface area contributed by atoms with Gasteiger partial charge in [0, 0.05) is 23.2 Å². The number of anilines is 3. The van der Waals surface area contributed by atoms with Crippen LogP contribution in [0.3, 0.4) is 0 Å². The number of pyridine rings is 1. The fourth-order valence-corrected chi connectivity index (χ4v) is 6.84. The van der Waals surface area contributed by atoms with E-state index in [4.69, 9.17) is 0 Å². The minimum Gasteiger partial charge on any atom is -0.366 e. The van der Waals surface area contributed by atoms with Crippen molar-refractivity contribution in [3.05, 3.63) is 53.5 Å². The van der Waals surface area contributed by atoms with E-state index in [-0.39, 0.29) is 27.3 Å². The van der Waals surface area contributed by atoms with Gasteiger partial charge < -0.3 is 10.6 Å². The monoisotopic (exact) mass is 464 g/mol. The summed E-state index contributed by atoms with van der Waals surface area (Å²) in [6, 6.07) is 10.7. The van der Waals surface area contributed by atoms with E-state index in [9.17, 15) is 16.8 Å². The van der Waals surface area contributed by atoms with E-state index in [2.05, 4.69) is 20.6 Å². The van der Waals surface area contributed by atoms with Gasteiger partial charge in [0.1, 0.15) is 11.6 Å². The molecule has 0 aliphatic carbocycles. The zero-order valence-corrected chi connectivity index (χ0v) is 18.5. The van der Waals surface area contributed by atoms with E-state index in [0.29, 0.717) is 23.2 Å². The molecular weight excluding hydrogens is 444 g/mol. The third-order valence-electron chi connectivity index (χ3n) is 4.60. The Bertz CT molecular complexity index is 1270. The van der Waals surface area contributed by atoms with Gasteiger partial charge in [-0.05, 0) is 31.5 Å². The predicted octanol–water partition coefficient (Wildman–Crippen LogP) is 3.02. The molecule has 0 spiro atoms. The van der Waals surface area contributed by atoms with Crippen LogP contribution in [-0.2, 0) is 19.7 Å². The molecule has 0 amide bonds. The topological polar surface area (TPSA) is 118 Å². The summed E-state index contributed by atoms with van der Waals surface area (Å²) < 4.78 is 49.8. The molecule has 0 radical (unpaired) electrons. The molecule has 158 valence electrons. The number of aryl methyl sites for hydroxylation is 1. The largest absolute Gasteiger partial charge is 0.366 e. The van der Waals surface area contributed by atoms with Crippen LogP contribution in [-0.4, -0.2) is 44.4 Å². The molecule has 1 aliphatic rings. The van der Waals surface area contributed by atoms with Gasteiger partial charge in [0.05, 0.1) is 21.3 Å². The van der Waals surface area contributed by atoms with E-state index < -0.39 is 19.7 Å². The fraction of sp³-hybridized carbons (Fsp3) is 0.263. The van der Waals surface area contributed by atoms with Crippen molar-refractivity contribution in [1.82, 2.24) is 9.97 Å². The van der Waals surface area contributed by atoms with Crippen LogP contribution in [0.4, 0.5) is 16.8 Å². The molecule has 30 heavy (non-hydrogen) atoms. The van der Waals surface area contributed by atoms with E-state index in [1.807, 2.05) is 6.92 Å². The molecule has 1 aliphatic heterocycles. The van der Waals surface area contributed by atoms with Gasteiger partial charge in [-0.15, -0.1) is 11.3 Å². The van der Waals surface area contributed by atoms with Crippen LogP contribution < -0.4 is 10.6 Å². The highest BCUT2D eigenvalue weighted by Crippen LogP contribution is 2.29. The van der Waals surface area contributed by atoms with Crippen molar-refractivity contribution in [3.63, 3.8) is 0 Å². The average molecular weight is 465 g/mol. The number of thiazole rings is 1. The van der Waals surface area contributed by atoms with Gasteiger partial charge in [-0.3, -0.25) is 0 Å². The van der Waals surface area contributed by atoms with E-state index >= 15 is 0 Å². The number of sulfone groups is 2.